The van der Waals surface area contributed by atoms with E-state index in [1.165, 1.54) is 24.0 Å². The Morgan fingerprint density at radius 1 is 1.21 bits per heavy atom. The topological polar surface area (TPSA) is 50.8 Å². The number of amides is 2. The van der Waals surface area contributed by atoms with Crippen LogP contribution in [-0.4, -0.2) is 43.0 Å². The summed E-state index contributed by atoms with van der Waals surface area (Å²) in [7, 11) is 0. The second-order valence-electron chi connectivity index (χ2n) is 7.22. The van der Waals surface area contributed by atoms with Crippen molar-refractivity contribution >= 4 is 6.03 Å². The maximum atomic E-state index is 12.8. The number of aryl methyl sites for hydroxylation is 1. The largest absolute Gasteiger partial charge is 0.347 e. The molecule has 2 aliphatic heterocycles. The second kappa shape index (κ2) is 6.37. The van der Waals surface area contributed by atoms with Gasteiger partial charge in [0.25, 0.3) is 0 Å². The number of nitrogens with zero attached hydrogens (tertiary/aromatic N) is 1. The molecule has 0 radical (unpaired) electrons. The molecule has 2 heterocycles. The van der Waals surface area contributed by atoms with E-state index in [2.05, 4.69) is 36.5 Å². The summed E-state index contributed by atoms with van der Waals surface area (Å²) in [5, 5.41) is 3.29. The average Bonchev–Trinajstić information content (AvgIpc) is 3.35. The van der Waals surface area contributed by atoms with Crippen molar-refractivity contribution in [1.29, 1.82) is 0 Å². The van der Waals surface area contributed by atoms with Crippen LogP contribution < -0.4 is 5.32 Å². The summed E-state index contributed by atoms with van der Waals surface area (Å²) in [6.07, 6.45) is 3.92. The number of hydrogen-bond acceptors (Lipinski definition) is 3. The van der Waals surface area contributed by atoms with Gasteiger partial charge in [0.15, 0.2) is 5.79 Å². The molecule has 2 amide bonds. The van der Waals surface area contributed by atoms with Gasteiger partial charge in [-0.1, -0.05) is 24.3 Å². The molecule has 4 rings (SSSR count). The number of carbonyl (C=O) groups is 1. The lowest BCUT2D eigenvalue weighted by atomic mass is 9.97. The number of nitrogens with one attached hydrogen (secondary N) is 1. The van der Waals surface area contributed by atoms with Crippen molar-refractivity contribution in [1.82, 2.24) is 10.2 Å². The fourth-order valence-corrected chi connectivity index (χ4v) is 3.88. The maximum absolute atomic E-state index is 12.8. The van der Waals surface area contributed by atoms with Crippen LogP contribution in [-0.2, 0) is 9.47 Å². The predicted molar refractivity (Wildman–Crippen MR) is 90.6 cm³/mol. The van der Waals surface area contributed by atoms with Crippen LogP contribution in [0.3, 0.4) is 0 Å². The highest BCUT2D eigenvalue weighted by molar-refractivity contribution is 5.75. The van der Waals surface area contributed by atoms with Crippen LogP contribution in [0, 0.1) is 12.8 Å². The normalized spacial score (nSPS) is 24.1. The minimum Gasteiger partial charge on any atom is -0.347 e. The molecule has 3 fully saturated rings. The van der Waals surface area contributed by atoms with Crippen molar-refractivity contribution in [3.05, 3.63) is 35.4 Å². The van der Waals surface area contributed by atoms with Gasteiger partial charge < -0.3 is 19.7 Å². The molecule has 2 saturated heterocycles. The minimum absolute atomic E-state index is 0.0444. The molecule has 1 aromatic rings. The van der Waals surface area contributed by atoms with Gasteiger partial charge in [-0.25, -0.2) is 4.79 Å². The van der Waals surface area contributed by atoms with Crippen LogP contribution in [0.4, 0.5) is 4.79 Å². The number of piperidine rings is 1. The molecule has 1 N–H and O–H groups in total. The Morgan fingerprint density at radius 3 is 2.50 bits per heavy atom. The lowest BCUT2D eigenvalue weighted by Gasteiger charge is -2.38. The third-order valence-corrected chi connectivity index (χ3v) is 5.52. The van der Waals surface area contributed by atoms with Gasteiger partial charge in [-0.3, -0.25) is 0 Å². The number of likely N-dealkylation sites (tertiary alicyclic amines) is 1. The van der Waals surface area contributed by atoms with Gasteiger partial charge in [-0.2, -0.15) is 0 Å². The number of ether oxygens (including phenoxy) is 2. The van der Waals surface area contributed by atoms with Crippen LogP contribution in [0.25, 0.3) is 0 Å². The van der Waals surface area contributed by atoms with Crippen LogP contribution in [0.1, 0.15) is 42.9 Å². The van der Waals surface area contributed by atoms with Crippen LogP contribution in [0.15, 0.2) is 24.3 Å². The molecule has 5 nitrogen and oxygen atoms in total. The van der Waals surface area contributed by atoms with Crippen molar-refractivity contribution in [3.63, 3.8) is 0 Å². The van der Waals surface area contributed by atoms with Crippen LogP contribution in [0.5, 0.6) is 0 Å². The molecular formula is C19H26N2O3. The molecule has 24 heavy (non-hydrogen) atoms. The molecule has 1 atom stereocenters. The molecular weight excluding hydrogens is 304 g/mol. The first kappa shape index (κ1) is 15.9. The molecule has 1 spiro atoms. The Morgan fingerprint density at radius 2 is 1.88 bits per heavy atom. The Hall–Kier alpha value is -1.59. The highest BCUT2D eigenvalue weighted by atomic mass is 16.7. The smallest absolute Gasteiger partial charge is 0.317 e. The van der Waals surface area contributed by atoms with E-state index < -0.39 is 5.79 Å². The van der Waals surface area contributed by atoms with Gasteiger partial charge in [-0.15, -0.1) is 0 Å². The van der Waals surface area contributed by atoms with Gasteiger partial charge in [0.2, 0.25) is 0 Å². The van der Waals surface area contributed by atoms with E-state index in [1.54, 1.807) is 0 Å². The third-order valence-electron chi connectivity index (χ3n) is 5.52. The van der Waals surface area contributed by atoms with E-state index in [9.17, 15) is 4.79 Å². The molecule has 0 bridgehead atoms. The highest BCUT2D eigenvalue weighted by Gasteiger charge is 2.41. The van der Waals surface area contributed by atoms with E-state index in [-0.39, 0.29) is 12.1 Å². The molecule has 0 unspecified atom stereocenters. The fourth-order valence-electron chi connectivity index (χ4n) is 3.88. The minimum atomic E-state index is -0.428. The Bertz CT molecular complexity index is 598. The summed E-state index contributed by atoms with van der Waals surface area (Å²) in [5.74, 6) is 0.149. The maximum Gasteiger partial charge on any atom is 0.317 e. The van der Waals surface area contributed by atoms with Gasteiger partial charge in [0.05, 0.1) is 19.3 Å². The number of carbonyl (C=O) groups excluding carboxylic acids is 1. The number of hydrogen-bond donors (Lipinski definition) is 1. The Labute approximate surface area is 143 Å². The summed E-state index contributed by atoms with van der Waals surface area (Å²) in [6, 6.07) is 8.55. The lowest BCUT2D eigenvalue weighted by Crippen LogP contribution is -2.51. The van der Waals surface area contributed by atoms with E-state index in [1.807, 2.05) is 4.90 Å². The van der Waals surface area contributed by atoms with Gasteiger partial charge in [0, 0.05) is 25.9 Å². The zero-order valence-corrected chi connectivity index (χ0v) is 14.3. The third kappa shape index (κ3) is 3.15. The second-order valence-corrected chi connectivity index (χ2v) is 7.22. The standard InChI is InChI=1S/C19H26N2O3/c1-14-4-2-3-5-16(14)17(15-6-7-15)20-18(22)21-10-8-19(9-11-21)23-12-13-24-19/h2-5,15,17H,6-13H2,1H3,(H,20,22)/t17-/m0/s1. The summed E-state index contributed by atoms with van der Waals surface area (Å²) < 4.78 is 11.5. The van der Waals surface area contributed by atoms with E-state index in [4.69, 9.17) is 9.47 Å². The summed E-state index contributed by atoms with van der Waals surface area (Å²) in [4.78, 5) is 14.7. The number of rotatable bonds is 3. The molecule has 1 saturated carbocycles. The zero-order valence-electron chi connectivity index (χ0n) is 14.3. The lowest BCUT2D eigenvalue weighted by molar-refractivity contribution is -0.181. The molecule has 1 aromatic carbocycles. The Kier molecular flexibility index (Phi) is 4.22. The van der Waals surface area contributed by atoms with Crippen molar-refractivity contribution in [2.24, 2.45) is 5.92 Å². The van der Waals surface area contributed by atoms with Crippen molar-refractivity contribution in [2.75, 3.05) is 26.3 Å². The fraction of sp³-hybridized carbons (Fsp3) is 0.632. The summed E-state index contributed by atoms with van der Waals surface area (Å²) >= 11 is 0. The summed E-state index contributed by atoms with van der Waals surface area (Å²) in [6.45, 7) is 4.84. The van der Waals surface area contributed by atoms with Crippen molar-refractivity contribution in [2.45, 2.75) is 44.4 Å². The number of benzene rings is 1. The Balaban J connectivity index is 1.40. The quantitative estimate of drug-likeness (QED) is 0.927. The van der Waals surface area contributed by atoms with Crippen LogP contribution in [0.2, 0.25) is 0 Å². The predicted octanol–water partition coefficient (Wildman–Crippen LogP) is 2.99. The van der Waals surface area contributed by atoms with Crippen molar-refractivity contribution < 1.29 is 14.3 Å². The SMILES string of the molecule is Cc1ccccc1[C@@H](NC(=O)N1CCC2(CC1)OCCO2)C1CC1. The first-order chi connectivity index (χ1) is 11.7. The summed E-state index contributed by atoms with van der Waals surface area (Å²) in [5.41, 5.74) is 2.50. The molecule has 5 heteroatoms. The van der Waals surface area contributed by atoms with Crippen LogP contribution >= 0.6 is 0 Å². The van der Waals surface area contributed by atoms with Gasteiger partial charge in [-0.05, 0) is 36.8 Å². The molecule has 1 aliphatic carbocycles. The molecule has 3 aliphatic rings. The average molecular weight is 330 g/mol. The van der Waals surface area contributed by atoms with Gasteiger partial charge >= 0.3 is 6.03 Å². The monoisotopic (exact) mass is 330 g/mol. The van der Waals surface area contributed by atoms with E-state index >= 15 is 0 Å². The number of urea groups is 1. The highest BCUT2D eigenvalue weighted by Crippen LogP contribution is 2.42. The first-order valence-corrected chi connectivity index (χ1v) is 9.06. The van der Waals surface area contributed by atoms with E-state index in [0.717, 1.165) is 12.8 Å². The zero-order chi connectivity index (χ0) is 16.6. The van der Waals surface area contributed by atoms with E-state index in [0.29, 0.717) is 32.2 Å². The van der Waals surface area contributed by atoms with Crippen molar-refractivity contribution in [3.8, 4) is 0 Å². The molecule has 130 valence electrons. The molecule has 0 aromatic heterocycles. The van der Waals surface area contributed by atoms with Gasteiger partial charge in [0.1, 0.15) is 0 Å². The first-order valence-electron chi connectivity index (χ1n) is 9.06.